The molecule has 24 heavy (non-hydrogen) atoms. The van der Waals surface area contributed by atoms with E-state index in [0.29, 0.717) is 11.1 Å². The maximum Gasteiger partial charge on any atom is 0.240 e. The van der Waals surface area contributed by atoms with Gasteiger partial charge in [0.15, 0.2) is 0 Å². The summed E-state index contributed by atoms with van der Waals surface area (Å²) < 4.78 is 36.7. The zero-order valence-electron chi connectivity index (χ0n) is 12.2. The molecule has 7 heteroatoms. The van der Waals surface area contributed by atoms with E-state index in [1.807, 2.05) is 16.8 Å². The first-order valence-electron chi connectivity index (χ1n) is 6.79. The van der Waals surface area contributed by atoms with Crippen LogP contribution in [0.4, 0.5) is 4.39 Å². The van der Waals surface area contributed by atoms with Crippen LogP contribution in [0.3, 0.4) is 0 Å². The number of nitriles is 1. The minimum absolute atomic E-state index is 0.528. The molecule has 0 fully saturated rings. The molecule has 0 amide bonds. The first-order chi connectivity index (χ1) is 11.4. The summed E-state index contributed by atoms with van der Waals surface area (Å²) in [4.78, 5) is -0.533. The van der Waals surface area contributed by atoms with E-state index in [-0.39, 0.29) is 0 Å². The number of hydrogen-bond acceptors (Lipinski definition) is 4. The van der Waals surface area contributed by atoms with Crippen molar-refractivity contribution in [3.05, 3.63) is 64.6 Å². The molecule has 0 aliphatic carbocycles. The lowest BCUT2D eigenvalue weighted by Crippen LogP contribution is -2.13. The molecule has 0 atom stereocenters. The normalized spacial score (nSPS) is 11.2. The SMILES string of the molecule is N#Cc1cccc(-c2cscc2-c2ccc(S(N)(=O)=O)c(F)c2)c1. The molecular weight excluding hydrogens is 347 g/mol. The first-order valence-corrected chi connectivity index (χ1v) is 9.28. The van der Waals surface area contributed by atoms with Crippen molar-refractivity contribution in [3.8, 4) is 28.3 Å². The largest absolute Gasteiger partial charge is 0.240 e. The lowest BCUT2D eigenvalue weighted by atomic mass is 9.98. The summed E-state index contributed by atoms with van der Waals surface area (Å²) in [5.74, 6) is -0.891. The van der Waals surface area contributed by atoms with Gasteiger partial charge in [0.25, 0.3) is 0 Å². The average Bonchev–Trinajstić information content (AvgIpc) is 3.03. The van der Waals surface area contributed by atoms with Crippen molar-refractivity contribution in [3.63, 3.8) is 0 Å². The average molecular weight is 358 g/mol. The van der Waals surface area contributed by atoms with Crippen LogP contribution >= 0.6 is 11.3 Å². The van der Waals surface area contributed by atoms with Crippen molar-refractivity contribution in [2.75, 3.05) is 0 Å². The quantitative estimate of drug-likeness (QED) is 0.774. The molecule has 0 aliphatic rings. The molecular formula is C17H11FN2O2S2. The molecule has 0 spiro atoms. The van der Waals surface area contributed by atoms with Gasteiger partial charge in [0.2, 0.25) is 10.0 Å². The van der Waals surface area contributed by atoms with Crippen molar-refractivity contribution in [1.29, 1.82) is 5.26 Å². The predicted molar refractivity (Wildman–Crippen MR) is 91.2 cm³/mol. The fourth-order valence-corrected chi connectivity index (χ4v) is 3.85. The summed E-state index contributed by atoms with van der Waals surface area (Å²) in [6, 6.07) is 13.0. The van der Waals surface area contributed by atoms with Gasteiger partial charge in [-0.15, -0.1) is 0 Å². The Balaban J connectivity index is 2.11. The number of nitrogens with two attached hydrogens (primary N) is 1. The van der Waals surface area contributed by atoms with Crippen molar-refractivity contribution < 1.29 is 12.8 Å². The molecule has 3 rings (SSSR count). The number of thiophene rings is 1. The Labute approximate surface area is 142 Å². The first kappa shape index (κ1) is 16.3. The Morgan fingerprint density at radius 3 is 2.29 bits per heavy atom. The molecule has 1 aromatic heterocycles. The third-order valence-corrected chi connectivity index (χ3v) is 5.20. The van der Waals surface area contributed by atoms with Crippen molar-refractivity contribution in [1.82, 2.24) is 0 Å². The molecule has 0 saturated heterocycles. The molecule has 3 aromatic rings. The molecule has 0 unspecified atom stereocenters. The van der Waals surface area contributed by atoms with Crippen molar-refractivity contribution >= 4 is 21.4 Å². The molecule has 120 valence electrons. The summed E-state index contributed by atoms with van der Waals surface area (Å²) in [5.41, 5.74) is 3.51. The Bertz CT molecular complexity index is 1070. The van der Waals surface area contributed by atoms with Crippen molar-refractivity contribution in [2.45, 2.75) is 4.90 Å². The monoisotopic (exact) mass is 358 g/mol. The van der Waals surface area contributed by atoms with Gasteiger partial charge in [-0.2, -0.15) is 16.6 Å². The van der Waals surface area contributed by atoms with Crippen LogP contribution in [0.15, 0.2) is 58.1 Å². The van der Waals surface area contributed by atoms with Crippen LogP contribution < -0.4 is 5.14 Å². The Hall–Kier alpha value is -2.53. The van der Waals surface area contributed by atoms with Gasteiger partial charge in [-0.25, -0.2) is 17.9 Å². The highest BCUT2D eigenvalue weighted by Crippen LogP contribution is 2.36. The van der Waals surface area contributed by atoms with E-state index in [4.69, 9.17) is 10.4 Å². The third-order valence-electron chi connectivity index (χ3n) is 3.51. The fraction of sp³-hybridized carbons (Fsp3) is 0. The zero-order valence-corrected chi connectivity index (χ0v) is 13.9. The molecule has 1 heterocycles. The Morgan fingerprint density at radius 2 is 1.71 bits per heavy atom. The zero-order chi connectivity index (χ0) is 17.3. The second-order valence-electron chi connectivity index (χ2n) is 5.08. The molecule has 0 aliphatic heterocycles. The van der Waals surface area contributed by atoms with Crippen LogP contribution in [0.1, 0.15) is 5.56 Å². The summed E-state index contributed by atoms with van der Waals surface area (Å²) >= 11 is 1.44. The maximum atomic E-state index is 14.1. The second-order valence-corrected chi connectivity index (χ2v) is 7.36. The maximum absolute atomic E-state index is 14.1. The van der Waals surface area contributed by atoms with E-state index in [1.54, 1.807) is 18.2 Å². The van der Waals surface area contributed by atoms with Crippen LogP contribution in [0.5, 0.6) is 0 Å². The van der Waals surface area contributed by atoms with Gasteiger partial charge in [0.1, 0.15) is 10.7 Å². The van der Waals surface area contributed by atoms with E-state index in [2.05, 4.69) is 6.07 Å². The van der Waals surface area contributed by atoms with E-state index in [0.717, 1.165) is 28.8 Å². The van der Waals surface area contributed by atoms with Gasteiger partial charge < -0.3 is 0 Å². The van der Waals surface area contributed by atoms with E-state index in [9.17, 15) is 12.8 Å². The van der Waals surface area contributed by atoms with Crippen LogP contribution in [0.25, 0.3) is 22.3 Å². The lowest BCUT2D eigenvalue weighted by molar-refractivity contribution is 0.568. The standard InChI is InChI=1S/C17H11FN2O2S2/c18-16-7-13(4-5-17(16)24(20,21)22)15-10-23-9-14(15)12-3-1-2-11(6-12)8-19/h1-7,9-10H,(H2,20,21,22). The van der Waals surface area contributed by atoms with Gasteiger partial charge in [0.05, 0.1) is 11.6 Å². The summed E-state index contributed by atoms with van der Waals surface area (Å²) in [7, 11) is -4.10. The van der Waals surface area contributed by atoms with Gasteiger partial charge >= 0.3 is 0 Å². The van der Waals surface area contributed by atoms with Crippen LogP contribution in [0.2, 0.25) is 0 Å². The minimum atomic E-state index is -4.10. The molecule has 0 saturated carbocycles. The third kappa shape index (κ3) is 3.08. The number of primary sulfonamides is 1. The number of nitrogens with zero attached hydrogens (tertiary/aromatic N) is 1. The number of sulfonamides is 1. The number of benzene rings is 2. The second kappa shape index (κ2) is 6.17. The fourth-order valence-electron chi connectivity index (χ4n) is 2.40. The Morgan fingerprint density at radius 1 is 1.04 bits per heavy atom. The summed E-state index contributed by atoms with van der Waals surface area (Å²) in [6.07, 6.45) is 0. The van der Waals surface area contributed by atoms with Gasteiger partial charge in [-0.3, -0.25) is 0 Å². The highest BCUT2D eigenvalue weighted by Gasteiger charge is 2.16. The number of halogens is 1. The van der Waals surface area contributed by atoms with Gasteiger partial charge in [-0.1, -0.05) is 18.2 Å². The molecule has 2 N–H and O–H groups in total. The number of hydrogen-bond donors (Lipinski definition) is 1. The van der Waals surface area contributed by atoms with E-state index < -0.39 is 20.7 Å². The van der Waals surface area contributed by atoms with Gasteiger partial charge in [-0.05, 0) is 46.2 Å². The van der Waals surface area contributed by atoms with Crippen LogP contribution in [-0.4, -0.2) is 8.42 Å². The smallest absolute Gasteiger partial charge is 0.225 e. The van der Waals surface area contributed by atoms with Crippen LogP contribution in [-0.2, 0) is 10.0 Å². The highest BCUT2D eigenvalue weighted by atomic mass is 32.2. The van der Waals surface area contributed by atoms with Gasteiger partial charge in [0, 0.05) is 11.1 Å². The highest BCUT2D eigenvalue weighted by molar-refractivity contribution is 7.89. The summed E-state index contributed by atoms with van der Waals surface area (Å²) in [5, 5.41) is 17.8. The number of rotatable bonds is 3. The molecule has 0 radical (unpaired) electrons. The van der Waals surface area contributed by atoms with E-state index in [1.165, 1.54) is 17.4 Å². The topological polar surface area (TPSA) is 83.9 Å². The lowest BCUT2D eigenvalue weighted by Gasteiger charge is -2.07. The molecule has 0 bridgehead atoms. The molecule has 2 aromatic carbocycles. The Kier molecular flexibility index (Phi) is 4.20. The summed E-state index contributed by atoms with van der Waals surface area (Å²) in [6.45, 7) is 0. The predicted octanol–water partition coefficient (Wildman–Crippen LogP) is 3.74. The van der Waals surface area contributed by atoms with Crippen LogP contribution in [0, 0.1) is 17.1 Å². The van der Waals surface area contributed by atoms with E-state index >= 15 is 0 Å². The van der Waals surface area contributed by atoms with Crippen molar-refractivity contribution in [2.24, 2.45) is 5.14 Å². The minimum Gasteiger partial charge on any atom is -0.225 e. The molecule has 4 nitrogen and oxygen atoms in total.